The Labute approximate surface area is 183 Å². The van der Waals surface area contributed by atoms with Gasteiger partial charge in [-0.15, -0.1) is 12.4 Å². The number of nitrogens with zero attached hydrogens (tertiary/aromatic N) is 1. The molecule has 2 aliphatic rings. The van der Waals surface area contributed by atoms with Crippen molar-refractivity contribution < 1.29 is 5.11 Å². The van der Waals surface area contributed by atoms with Gasteiger partial charge in [-0.05, 0) is 61.3 Å². The number of hydrogen-bond donors (Lipinski definition) is 2. The van der Waals surface area contributed by atoms with Gasteiger partial charge >= 0.3 is 0 Å². The maximum Gasteiger partial charge on any atom is 0.251 e. The van der Waals surface area contributed by atoms with E-state index in [0.29, 0.717) is 0 Å². The molecule has 0 spiro atoms. The summed E-state index contributed by atoms with van der Waals surface area (Å²) in [6.45, 7) is 2.58. The molecule has 1 fully saturated rings. The number of nitrogens with one attached hydrogen (secondary N) is 1. The third-order valence-corrected chi connectivity index (χ3v) is 6.80. The molecule has 0 saturated carbocycles. The fourth-order valence-electron chi connectivity index (χ4n) is 5.08. The van der Waals surface area contributed by atoms with Crippen LogP contribution in [0.1, 0.15) is 47.9 Å². The highest BCUT2D eigenvalue weighted by Gasteiger charge is 2.33. The van der Waals surface area contributed by atoms with E-state index in [1.807, 2.05) is 30.3 Å². The van der Waals surface area contributed by atoms with Crippen LogP contribution in [0.5, 0.6) is 0 Å². The minimum absolute atomic E-state index is 0. The summed E-state index contributed by atoms with van der Waals surface area (Å²) >= 11 is 0. The summed E-state index contributed by atoms with van der Waals surface area (Å²) in [5, 5.41) is 12.3. The highest BCUT2D eigenvalue weighted by atomic mass is 35.5. The van der Waals surface area contributed by atoms with Crippen LogP contribution >= 0.6 is 12.4 Å². The lowest BCUT2D eigenvalue weighted by molar-refractivity contribution is -0.0277. The number of aryl methyl sites for hydroxylation is 1. The number of piperidine rings is 1. The SMILES string of the molecule is Cl.O=c1[nH]c2cc(CN3CCC(O)(c4ccccc4)CC3)ccc2c2c1CCCC2. The van der Waals surface area contributed by atoms with Crippen molar-refractivity contribution in [1.82, 2.24) is 9.88 Å². The van der Waals surface area contributed by atoms with Gasteiger partial charge in [-0.25, -0.2) is 0 Å². The van der Waals surface area contributed by atoms with Crippen LogP contribution in [0.2, 0.25) is 0 Å². The molecular formula is C25H29ClN2O2. The predicted molar refractivity (Wildman–Crippen MR) is 123 cm³/mol. The first-order valence-electron chi connectivity index (χ1n) is 10.8. The van der Waals surface area contributed by atoms with Crippen molar-refractivity contribution in [3.8, 4) is 0 Å². The molecule has 0 unspecified atom stereocenters. The molecule has 0 bridgehead atoms. The van der Waals surface area contributed by atoms with Crippen LogP contribution in [0.15, 0.2) is 53.3 Å². The van der Waals surface area contributed by atoms with Gasteiger partial charge < -0.3 is 10.1 Å². The molecule has 0 radical (unpaired) electrons. The molecule has 5 heteroatoms. The zero-order valence-corrected chi connectivity index (χ0v) is 18.0. The van der Waals surface area contributed by atoms with Crippen molar-refractivity contribution in [1.29, 1.82) is 0 Å². The van der Waals surface area contributed by atoms with Crippen LogP contribution in [-0.2, 0) is 25.0 Å². The Morgan fingerprint density at radius 1 is 0.967 bits per heavy atom. The van der Waals surface area contributed by atoms with Gasteiger partial charge in [0.25, 0.3) is 5.56 Å². The molecule has 30 heavy (non-hydrogen) atoms. The summed E-state index contributed by atoms with van der Waals surface area (Å²) in [4.78, 5) is 18.0. The summed E-state index contributed by atoms with van der Waals surface area (Å²) in [6, 6.07) is 16.6. The van der Waals surface area contributed by atoms with Gasteiger partial charge in [0.05, 0.1) is 5.60 Å². The average Bonchev–Trinajstić information content (AvgIpc) is 2.76. The fourth-order valence-corrected chi connectivity index (χ4v) is 5.08. The van der Waals surface area contributed by atoms with E-state index in [-0.39, 0.29) is 18.0 Å². The quantitative estimate of drug-likeness (QED) is 0.658. The molecule has 2 heterocycles. The topological polar surface area (TPSA) is 56.3 Å². The second-order valence-electron chi connectivity index (χ2n) is 8.67. The van der Waals surface area contributed by atoms with Crippen molar-refractivity contribution in [2.24, 2.45) is 0 Å². The number of halogens is 1. The first-order chi connectivity index (χ1) is 14.1. The van der Waals surface area contributed by atoms with Gasteiger partial charge in [-0.2, -0.15) is 0 Å². The third-order valence-electron chi connectivity index (χ3n) is 6.80. The van der Waals surface area contributed by atoms with E-state index < -0.39 is 5.60 Å². The van der Waals surface area contributed by atoms with Gasteiger partial charge in [0, 0.05) is 36.1 Å². The van der Waals surface area contributed by atoms with E-state index in [0.717, 1.165) is 68.4 Å². The van der Waals surface area contributed by atoms with Crippen LogP contribution < -0.4 is 5.56 Å². The van der Waals surface area contributed by atoms with Crippen molar-refractivity contribution in [2.45, 2.75) is 50.7 Å². The molecule has 2 aromatic carbocycles. The van der Waals surface area contributed by atoms with Gasteiger partial charge in [0.1, 0.15) is 0 Å². The number of likely N-dealkylation sites (tertiary alicyclic amines) is 1. The number of rotatable bonds is 3. The Morgan fingerprint density at radius 2 is 1.67 bits per heavy atom. The van der Waals surface area contributed by atoms with Crippen molar-refractivity contribution in [2.75, 3.05) is 13.1 Å². The lowest BCUT2D eigenvalue weighted by Crippen LogP contribution is -2.42. The van der Waals surface area contributed by atoms with Crippen LogP contribution in [0.25, 0.3) is 10.9 Å². The van der Waals surface area contributed by atoms with Gasteiger partial charge in [0.2, 0.25) is 0 Å². The summed E-state index contributed by atoms with van der Waals surface area (Å²) in [7, 11) is 0. The van der Waals surface area contributed by atoms with Gasteiger partial charge in [-0.1, -0.05) is 42.5 Å². The second kappa shape index (κ2) is 8.54. The standard InChI is InChI=1S/C25H28N2O2.ClH/c28-24-22-9-5-4-8-20(22)21-11-10-18(16-23(21)26-24)17-27-14-12-25(29,13-15-27)19-6-2-1-3-7-19;/h1-3,6-7,10-11,16,29H,4-5,8-9,12-15,17H2,(H,26,28);1H. The molecule has 1 aliphatic heterocycles. The maximum absolute atomic E-state index is 12.5. The monoisotopic (exact) mass is 424 g/mol. The summed E-state index contributed by atoms with van der Waals surface area (Å²) in [5.74, 6) is 0. The van der Waals surface area contributed by atoms with E-state index in [1.54, 1.807) is 0 Å². The molecule has 1 saturated heterocycles. The summed E-state index contributed by atoms with van der Waals surface area (Å²) in [5.41, 5.74) is 4.83. The number of aromatic amines is 1. The van der Waals surface area contributed by atoms with Crippen molar-refractivity contribution >= 4 is 23.3 Å². The molecule has 158 valence electrons. The number of H-pyrrole nitrogens is 1. The minimum atomic E-state index is -0.717. The Hall–Kier alpha value is -2.14. The minimum Gasteiger partial charge on any atom is -0.385 e. The fraction of sp³-hybridized carbons (Fsp3) is 0.400. The molecule has 5 rings (SSSR count). The van der Waals surface area contributed by atoms with Gasteiger partial charge in [-0.3, -0.25) is 9.69 Å². The number of pyridine rings is 1. The van der Waals surface area contributed by atoms with Crippen LogP contribution in [0.4, 0.5) is 0 Å². The van der Waals surface area contributed by atoms with Crippen molar-refractivity contribution in [3.05, 3.63) is 81.1 Å². The van der Waals surface area contributed by atoms with Crippen LogP contribution in [-0.4, -0.2) is 28.1 Å². The Balaban J connectivity index is 0.00000218. The lowest BCUT2D eigenvalue weighted by Gasteiger charge is -2.38. The summed E-state index contributed by atoms with van der Waals surface area (Å²) < 4.78 is 0. The van der Waals surface area contributed by atoms with E-state index in [1.165, 1.54) is 22.9 Å². The molecule has 0 atom stereocenters. The Kier molecular flexibility index (Phi) is 6.01. The van der Waals surface area contributed by atoms with E-state index in [9.17, 15) is 9.90 Å². The van der Waals surface area contributed by atoms with Crippen molar-refractivity contribution in [3.63, 3.8) is 0 Å². The van der Waals surface area contributed by atoms with Crippen LogP contribution in [0, 0.1) is 0 Å². The lowest BCUT2D eigenvalue weighted by atomic mass is 9.84. The molecule has 1 aliphatic carbocycles. The van der Waals surface area contributed by atoms with Crippen LogP contribution in [0.3, 0.4) is 0 Å². The van der Waals surface area contributed by atoms with Gasteiger partial charge in [0.15, 0.2) is 0 Å². The van der Waals surface area contributed by atoms with E-state index in [2.05, 4.69) is 28.1 Å². The largest absolute Gasteiger partial charge is 0.385 e. The first-order valence-corrected chi connectivity index (χ1v) is 10.8. The highest BCUT2D eigenvalue weighted by molar-refractivity contribution is 5.85. The van der Waals surface area contributed by atoms with E-state index >= 15 is 0 Å². The third kappa shape index (κ3) is 3.92. The molecule has 4 nitrogen and oxygen atoms in total. The predicted octanol–water partition coefficient (Wildman–Crippen LogP) is 4.31. The molecule has 3 aromatic rings. The van der Waals surface area contributed by atoms with E-state index in [4.69, 9.17) is 0 Å². The normalized spacial score (nSPS) is 18.6. The number of fused-ring (bicyclic) bond motifs is 3. The highest BCUT2D eigenvalue weighted by Crippen LogP contribution is 2.33. The number of aliphatic hydroxyl groups is 1. The zero-order valence-electron chi connectivity index (χ0n) is 17.2. The molecule has 2 N–H and O–H groups in total. The summed E-state index contributed by atoms with van der Waals surface area (Å²) in [6.07, 6.45) is 5.69. The maximum atomic E-state index is 12.5. The zero-order chi connectivity index (χ0) is 19.8. The average molecular weight is 425 g/mol. The smallest absolute Gasteiger partial charge is 0.251 e. The molecule has 1 aromatic heterocycles. The Morgan fingerprint density at radius 3 is 2.40 bits per heavy atom. The number of hydrogen-bond acceptors (Lipinski definition) is 3. The first kappa shape index (κ1) is 21.1. The Bertz CT molecular complexity index is 1090. The number of aromatic nitrogens is 1. The molecule has 0 amide bonds. The number of benzene rings is 2. The second-order valence-corrected chi connectivity index (χ2v) is 8.67. The molecular weight excluding hydrogens is 396 g/mol.